The summed E-state index contributed by atoms with van der Waals surface area (Å²) in [6.07, 6.45) is 13.9. The van der Waals surface area contributed by atoms with E-state index < -0.39 is 0 Å². The fraction of sp³-hybridized carbons (Fsp3) is 0.947. The third-order valence-corrected chi connectivity index (χ3v) is 8.66. The van der Waals surface area contributed by atoms with Crippen LogP contribution in [0.2, 0.25) is 0 Å². The number of hydrogen-bond donors (Lipinski definition) is 0. The van der Waals surface area contributed by atoms with E-state index in [0.717, 1.165) is 48.3 Å². The summed E-state index contributed by atoms with van der Waals surface area (Å²) >= 11 is 2.42. The molecule has 4 aliphatic rings. The topological polar surface area (TPSA) is 26.3 Å². The van der Waals surface area contributed by atoms with E-state index in [0.29, 0.717) is 0 Å². The van der Waals surface area contributed by atoms with Crippen molar-refractivity contribution >= 4 is 28.6 Å². The number of esters is 1. The van der Waals surface area contributed by atoms with E-state index in [1.165, 1.54) is 51.4 Å². The van der Waals surface area contributed by atoms with E-state index in [9.17, 15) is 4.79 Å². The number of carbonyl (C=O) groups is 1. The van der Waals surface area contributed by atoms with Crippen molar-refractivity contribution in [2.24, 2.45) is 35.5 Å². The lowest BCUT2D eigenvalue weighted by Crippen LogP contribution is -2.47. The predicted octanol–water partition coefficient (Wildman–Crippen LogP) is 5.33. The first-order chi connectivity index (χ1) is 10.6. The zero-order chi connectivity index (χ0) is 15.3. The number of hydrogen-bond acceptors (Lipinski definition) is 2. The number of alkyl halides is 1. The highest BCUT2D eigenvalue weighted by Gasteiger charge is 2.52. The molecule has 4 saturated carbocycles. The van der Waals surface area contributed by atoms with Crippen molar-refractivity contribution in [3.8, 4) is 0 Å². The predicted molar refractivity (Wildman–Crippen MR) is 95.6 cm³/mol. The Morgan fingerprint density at radius 3 is 2.32 bits per heavy atom. The van der Waals surface area contributed by atoms with Crippen molar-refractivity contribution in [1.29, 1.82) is 0 Å². The Labute approximate surface area is 148 Å². The second-order valence-corrected chi connectivity index (χ2v) is 10.4. The van der Waals surface area contributed by atoms with Crippen LogP contribution in [0.3, 0.4) is 0 Å². The Morgan fingerprint density at radius 1 is 0.909 bits per heavy atom. The standard InChI is InChI=1S/C19H29IO2/c1-12(21)22-19(20)10-9-16-14(11-19)6-8-17-15-4-2-3-13(15)5-7-18(16)17/h13-18H,2-11H2,1H3/t13-,14+,15+,16-,17-,18+,19+/m0/s1. The summed E-state index contributed by atoms with van der Waals surface area (Å²) in [5.74, 6) is 5.82. The molecule has 0 aromatic heterocycles. The normalized spacial score (nSPS) is 50.6. The molecule has 0 aliphatic heterocycles. The largest absolute Gasteiger partial charge is 0.449 e. The second kappa shape index (κ2) is 5.93. The smallest absolute Gasteiger partial charge is 0.303 e. The summed E-state index contributed by atoms with van der Waals surface area (Å²) in [4.78, 5) is 11.4. The zero-order valence-corrected chi connectivity index (χ0v) is 15.9. The monoisotopic (exact) mass is 416 g/mol. The highest BCUT2D eigenvalue weighted by atomic mass is 127. The fourth-order valence-electron chi connectivity index (χ4n) is 6.78. The minimum atomic E-state index is -0.206. The molecule has 4 fully saturated rings. The first kappa shape index (κ1) is 15.7. The van der Waals surface area contributed by atoms with Gasteiger partial charge in [-0.2, -0.15) is 0 Å². The lowest BCUT2D eigenvalue weighted by Gasteiger charge is -2.53. The Hall–Kier alpha value is 0.200. The van der Waals surface area contributed by atoms with Crippen LogP contribution in [0.15, 0.2) is 0 Å². The van der Waals surface area contributed by atoms with Gasteiger partial charge in [-0.15, -0.1) is 0 Å². The summed E-state index contributed by atoms with van der Waals surface area (Å²) < 4.78 is 5.47. The van der Waals surface area contributed by atoms with Gasteiger partial charge in [0, 0.05) is 6.92 Å². The fourth-order valence-corrected chi connectivity index (χ4v) is 7.97. The molecule has 3 heteroatoms. The molecule has 7 atom stereocenters. The van der Waals surface area contributed by atoms with E-state index in [-0.39, 0.29) is 9.58 Å². The van der Waals surface area contributed by atoms with Gasteiger partial charge in [-0.25, -0.2) is 0 Å². The highest BCUT2D eigenvalue weighted by molar-refractivity contribution is 14.1. The molecule has 0 bridgehead atoms. The van der Waals surface area contributed by atoms with Crippen molar-refractivity contribution in [2.75, 3.05) is 0 Å². The van der Waals surface area contributed by atoms with Crippen molar-refractivity contribution in [1.82, 2.24) is 0 Å². The maximum Gasteiger partial charge on any atom is 0.303 e. The summed E-state index contributed by atoms with van der Waals surface area (Å²) in [6, 6.07) is 0. The van der Waals surface area contributed by atoms with Gasteiger partial charge in [-0.05, 0) is 109 Å². The molecular weight excluding hydrogens is 387 g/mol. The van der Waals surface area contributed by atoms with Crippen LogP contribution in [-0.2, 0) is 9.53 Å². The molecule has 4 rings (SSSR count). The van der Waals surface area contributed by atoms with Crippen molar-refractivity contribution < 1.29 is 9.53 Å². The number of rotatable bonds is 1. The Kier molecular flexibility index (Phi) is 4.23. The maximum absolute atomic E-state index is 11.4. The van der Waals surface area contributed by atoms with E-state index in [1.807, 2.05) is 0 Å². The third kappa shape index (κ3) is 2.73. The molecule has 0 heterocycles. The van der Waals surface area contributed by atoms with E-state index >= 15 is 0 Å². The summed E-state index contributed by atoms with van der Waals surface area (Å²) in [7, 11) is 0. The lowest BCUT2D eigenvalue weighted by molar-refractivity contribution is -0.153. The molecule has 0 aromatic carbocycles. The molecule has 4 aliphatic carbocycles. The van der Waals surface area contributed by atoms with E-state index in [1.54, 1.807) is 6.92 Å². The summed E-state index contributed by atoms with van der Waals surface area (Å²) in [5, 5.41) is 0. The highest BCUT2D eigenvalue weighted by Crippen LogP contribution is 2.59. The Bertz CT molecular complexity index is 451. The summed E-state index contributed by atoms with van der Waals surface area (Å²) in [5.41, 5.74) is 0. The molecule has 0 saturated heterocycles. The van der Waals surface area contributed by atoms with Gasteiger partial charge in [-0.3, -0.25) is 4.79 Å². The molecular formula is C19H29IO2. The van der Waals surface area contributed by atoms with Crippen LogP contribution in [0.25, 0.3) is 0 Å². The molecule has 0 radical (unpaired) electrons. The van der Waals surface area contributed by atoms with Gasteiger partial charge in [0.15, 0.2) is 3.61 Å². The van der Waals surface area contributed by atoms with Crippen LogP contribution in [0.4, 0.5) is 0 Å². The van der Waals surface area contributed by atoms with Gasteiger partial charge in [0.1, 0.15) is 0 Å². The van der Waals surface area contributed by atoms with Gasteiger partial charge >= 0.3 is 5.97 Å². The first-order valence-corrected chi connectivity index (χ1v) is 10.5. The molecule has 0 aromatic rings. The Balaban J connectivity index is 1.47. The zero-order valence-electron chi connectivity index (χ0n) is 13.7. The minimum Gasteiger partial charge on any atom is -0.449 e. The van der Waals surface area contributed by atoms with Gasteiger partial charge < -0.3 is 4.74 Å². The number of fused-ring (bicyclic) bond motifs is 5. The van der Waals surface area contributed by atoms with Crippen molar-refractivity contribution in [2.45, 2.75) is 74.7 Å². The minimum absolute atomic E-state index is 0.104. The quantitative estimate of drug-likeness (QED) is 0.328. The Morgan fingerprint density at radius 2 is 1.59 bits per heavy atom. The molecule has 0 N–H and O–H groups in total. The average molecular weight is 416 g/mol. The van der Waals surface area contributed by atoms with Crippen LogP contribution >= 0.6 is 22.6 Å². The van der Waals surface area contributed by atoms with Crippen LogP contribution in [0, 0.1) is 35.5 Å². The van der Waals surface area contributed by atoms with E-state index in [2.05, 4.69) is 22.6 Å². The second-order valence-electron chi connectivity index (χ2n) is 8.48. The SMILES string of the molecule is CC(=O)O[C@]1(I)CC[C@H]2[C@H](CC[C@@H]3[C@@H]2CC[C@@H]2CCC[C@H]23)C1. The number of halogens is 1. The molecule has 22 heavy (non-hydrogen) atoms. The van der Waals surface area contributed by atoms with Crippen LogP contribution in [-0.4, -0.2) is 9.58 Å². The molecule has 0 spiro atoms. The van der Waals surface area contributed by atoms with Crippen LogP contribution in [0.1, 0.15) is 71.1 Å². The van der Waals surface area contributed by atoms with Crippen LogP contribution < -0.4 is 0 Å². The molecule has 2 nitrogen and oxygen atoms in total. The number of carbonyl (C=O) groups excluding carboxylic acids is 1. The van der Waals surface area contributed by atoms with Gasteiger partial charge in [0.25, 0.3) is 0 Å². The lowest BCUT2D eigenvalue weighted by atomic mass is 9.53. The number of ether oxygens (including phenoxy) is 1. The third-order valence-electron chi connectivity index (χ3n) is 7.46. The van der Waals surface area contributed by atoms with Crippen LogP contribution in [0.5, 0.6) is 0 Å². The molecule has 124 valence electrons. The molecule has 0 unspecified atom stereocenters. The first-order valence-electron chi connectivity index (χ1n) is 9.44. The van der Waals surface area contributed by atoms with Gasteiger partial charge in [-0.1, -0.05) is 12.8 Å². The van der Waals surface area contributed by atoms with Crippen molar-refractivity contribution in [3.63, 3.8) is 0 Å². The average Bonchev–Trinajstić information content (AvgIpc) is 2.93. The summed E-state index contributed by atoms with van der Waals surface area (Å²) in [6.45, 7) is 1.56. The van der Waals surface area contributed by atoms with Crippen molar-refractivity contribution in [3.05, 3.63) is 0 Å². The van der Waals surface area contributed by atoms with E-state index in [4.69, 9.17) is 4.74 Å². The van der Waals surface area contributed by atoms with Gasteiger partial charge in [0.05, 0.1) is 0 Å². The van der Waals surface area contributed by atoms with Gasteiger partial charge in [0.2, 0.25) is 0 Å². The molecule has 0 amide bonds. The maximum atomic E-state index is 11.4.